The largest absolute Gasteiger partial charge is 0.283 e. The van der Waals surface area contributed by atoms with Gasteiger partial charge in [-0.15, -0.1) is 0 Å². The van der Waals surface area contributed by atoms with Gasteiger partial charge in [0.15, 0.2) is 0 Å². The fourth-order valence-electron chi connectivity index (χ4n) is 0.995. The molecule has 75 valence electrons. The maximum absolute atomic E-state index is 12.3. The molecule has 1 rings (SSSR count). The van der Waals surface area contributed by atoms with E-state index in [1.807, 2.05) is 0 Å². The summed E-state index contributed by atoms with van der Waals surface area (Å²) in [5, 5.41) is 10.6. The molecular formula is C9H8BrFNO2. The number of hydrogen-bond donors (Lipinski definition) is 0. The lowest BCUT2D eigenvalue weighted by Crippen LogP contribution is -1.98. The summed E-state index contributed by atoms with van der Waals surface area (Å²) < 4.78 is 12.7. The van der Waals surface area contributed by atoms with Gasteiger partial charge >= 0.3 is 0 Å². The highest BCUT2D eigenvalue weighted by Crippen LogP contribution is 2.28. The number of alkyl halides is 1. The van der Waals surface area contributed by atoms with E-state index in [9.17, 15) is 14.5 Å². The number of nitro groups is 1. The van der Waals surface area contributed by atoms with Gasteiger partial charge in [-0.3, -0.25) is 14.5 Å². The van der Waals surface area contributed by atoms with E-state index >= 15 is 0 Å². The van der Waals surface area contributed by atoms with E-state index in [1.54, 1.807) is 19.1 Å². The maximum Gasteiger partial charge on any atom is 0.283 e. The Bertz CT molecular complexity index is 357. The van der Waals surface area contributed by atoms with E-state index in [4.69, 9.17) is 0 Å². The molecule has 1 aromatic carbocycles. The second kappa shape index (κ2) is 4.50. The lowest BCUT2D eigenvalue weighted by Gasteiger charge is -2.06. The number of nitro benzene ring substituents is 1. The van der Waals surface area contributed by atoms with Crippen LogP contribution in [0.4, 0.5) is 10.1 Å². The lowest BCUT2D eigenvalue weighted by molar-refractivity contribution is -0.385. The zero-order valence-electron chi connectivity index (χ0n) is 7.46. The molecule has 14 heavy (non-hydrogen) atoms. The van der Waals surface area contributed by atoms with Crippen LogP contribution in [0.15, 0.2) is 22.7 Å². The third-order valence-corrected chi connectivity index (χ3v) is 2.51. The predicted octanol–water partition coefficient (Wildman–Crippen LogP) is 3.27. The Balaban J connectivity index is 3.12. The fraction of sp³-hybridized carbons (Fsp3) is 0.222. The first kappa shape index (κ1) is 11.1. The molecule has 0 N–H and O–H groups in total. The molecule has 1 radical (unpaired) electrons. The number of benzene rings is 1. The molecule has 3 nitrogen and oxygen atoms in total. The SMILES string of the molecule is C[C](CF)c1ccc(Br)c([N+](=O)[O-])c1. The lowest BCUT2D eigenvalue weighted by atomic mass is 10.0. The van der Waals surface area contributed by atoms with Gasteiger partial charge in [0.1, 0.15) is 0 Å². The number of hydrogen-bond acceptors (Lipinski definition) is 2. The topological polar surface area (TPSA) is 43.1 Å². The molecule has 0 heterocycles. The maximum atomic E-state index is 12.3. The summed E-state index contributed by atoms with van der Waals surface area (Å²) in [4.78, 5) is 10.1. The summed E-state index contributed by atoms with van der Waals surface area (Å²) in [5.74, 6) is 0.487. The summed E-state index contributed by atoms with van der Waals surface area (Å²) in [7, 11) is 0. The second-order valence-electron chi connectivity index (χ2n) is 2.84. The third kappa shape index (κ3) is 2.29. The van der Waals surface area contributed by atoms with Crippen molar-refractivity contribution >= 4 is 21.6 Å². The van der Waals surface area contributed by atoms with Gasteiger partial charge in [0.2, 0.25) is 0 Å². The summed E-state index contributed by atoms with van der Waals surface area (Å²) in [6.45, 7) is 1.01. The van der Waals surface area contributed by atoms with Gasteiger partial charge in [-0.25, -0.2) is 0 Å². The molecule has 0 spiro atoms. The van der Waals surface area contributed by atoms with E-state index in [0.29, 0.717) is 16.0 Å². The van der Waals surface area contributed by atoms with Crippen LogP contribution in [0.3, 0.4) is 0 Å². The highest BCUT2D eigenvalue weighted by Gasteiger charge is 2.15. The fourth-order valence-corrected chi connectivity index (χ4v) is 1.39. The van der Waals surface area contributed by atoms with Gasteiger partial charge < -0.3 is 0 Å². The molecule has 1 aromatic rings. The van der Waals surface area contributed by atoms with Gasteiger partial charge in [-0.1, -0.05) is 13.0 Å². The van der Waals surface area contributed by atoms with Gasteiger partial charge in [-0.2, -0.15) is 0 Å². The van der Waals surface area contributed by atoms with Crippen molar-refractivity contribution in [1.29, 1.82) is 0 Å². The van der Waals surface area contributed by atoms with E-state index in [1.165, 1.54) is 6.07 Å². The molecule has 0 atom stereocenters. The monoisotopic (exact) mass is 260 g/mol. The molecule has 0 saturated heterocycles. The van der Waals surface area contributed by atoms with Crippen molar-refractivity contribution in [2.45, 2.75) is 6.92 Å². The van der Waals surface area contributed by atoms with Gasteiger partial charge in [0.25, 0.3) is 5.69 Å². The van der Waals surface area contributed by atoms with E-state index in [0.717, 1.165) is 0 Å². The minimum absolute atomic E-state index is 0.0460. The third-order valence-electron chi connectivity index (χ3n) is 1.84. The van der Waals surface area contributed by atoms with Gasteiger partial charge in [-0.05, 0) is 27.6 Å². The molecule has 0 saturated carbocycles. The van der Waals surface area contributed by atoms with Gasteiger partial charge in [0, 0.05) is 12.0 Å². The van der Waals surface area contributed by atoms with Crippen LogP contribution in [-0.4, -0.2) is 11.6 Å². The van der Waals surface area contributed by atoms with Crippen LogP contribution in [0, 0.1) is 16.0 Å². The molecule has 0 amide bonds. The van der Waals surface area contributed by atoms with Crippen molar-refractivity contribution in [3.63, 3.8) is 0 Å². The van der Waals surface area contributed by atoms with Crippen molar-refractivity contribution < 1.29 is 9.31 Å². The predicted molar refractivity (Wildman–Crippen MR) is 54.8 cm³/mol. The Morgan fingerprint density at radius 1 is 1.64 bits per heavy atom. The minimum Gasteiger partial charge on any atom is -0.258 e. The van der Waals surface area contributed by atoms with Crippen LogP contribution in [0.25, 0.3) is 0 Å². The van der Waals surface area contributed by atoms with Crippen LogP contribution >= 0.6 is 15.9 Å². The number of halogens is 2. The highest BCUT2D eigenvalue weighted by atomic mass is 79.9. The van der Waals surface area contributed by atoms with Crippen LogP contribution in [0.1, 0.15) is 12.5 Å². The molecule has 0 bridgehead atoms. The second-order valence-corrected chi connectivity index (χ2v) is 3.69. The van der Waals surface area contributed by atoms with Crippen molar-refractivity contribution in [3.05, 3.63) is 44.3 Å². The zero-order valence-corrected chi connectivity index (χ0v) is 9.04. The molecule has 0 aliphatic carbocycles. The van der Waals surface area contributed by atoms with E-state index in [2.05, 4.69) is 15.9 Å². The standard InChI is InChI=1S/C9H8BrFNO2/c1-6(5-11)7-2-3-8(10)9(4-7)12(13)14/h2-4H,5H2,1H3. The smallest absolute Gasteiger partial charge is 0.258 e. The first-order chi connectivity index (χ1) is 6.56. The minimum atomic E-state index is -0.598. The van der Waals surface area contributed by atoms with Crippen molar-refractivity contribution in [2.24, 2.45) is 0 Å². The Hall–Kier alpha value is -0.970. The summed E-state index contributed by atoms with van der Waals surface area (Å²) in [5.41, 5.74) is 0.512. The Labute approximate surface area is 89.2 Å². The molecule has 0 aliphatic heterocycles. The van der Waals surface area contributed by atoms with Crippen LogP contribution in [0.2, 0.25) is 0 Å². The normalized spacial score (nSPS) is 10.6. The van der Waals surface area contributed by atoms with Crippen LogP contribution in [-0.2, 0) is 0 Å². The molecule has 5 heteroatoms. The Kier molecular flexibility index (Phi) is 3.57. The van der Waals surface area contributed by atoms with Crippen molar-refractivity contribution in [1.82, 2.24) is 0 Å². The summed E-state index contributed by atoms with van der Waals surface area (Å²) >= 11 is 3.06. The molecule has 0 aromatic heterocycles. The number of rotatable bonds is 3. The van der Waals surface area contributed by atoms with E-state index < -0.39 is 11.6 Å². The quantitative estimate of drug-likeness (QED) is 0.619. The average molecular weight is 261 g/mol. The first-order valence-electron chi connectivity index (χ1n) is 3.89. The van der Waals surface area contributed by atoms with Crippen molar-refractivity contribution in [2.75, 3.05) is 6.67 Å². The van der Waals surface area contributed by atoms with Crippen molar-refractivity contribution in [3.8, 4) is 0 Å². The van der Waals surface area contributed by atoms with E-state index in [-0.39, 0.29) is 5.69 Å². The molecule has 0 aliphatic rings. The molecular weight excluding hydrogens is 253 g/mol. The summed E-state index contributed by atoms with van der Waals surface area (Å²) in [6, 6.07) is 4.55. The zero-order chi connectivity index (χ0) is 10.7. The van der Waals surface area contributed by atoms with Gasteiger partial charge in [0.05, 0.1) is 16.1 Å². The Morgan fingerprint density at radius 2 is 2.29 bits per heavy atom. The molecule has 0 fully saturated rings. The first-order valence-corrected chi connectivity index (χ1v) is 4.68. The number of nitrogens with zero attached hydrogens (tertiary/aromatic N) is 1. The van der Waals surface area contributed by atoms with Crippen LogP contribution < -0.4 is 0 Å². The highest BCUT2D eigenvalue weighted by molar-refractivity contribution is 9.10. The van der Waals surface area contributed by atoms with Crippen LogP contribution in [0.5, 0.6) is 0 Å². The Morgan fingerprint density at radius 3 is 2.79 bits per heavy atom. The summed E-state index contributed by atoms with van der Waals surface area (Å²) in [6.07, 6.45) is 0. The average Bonchev–Trinajstić information content (AvgIpc) is 2.17. The molecule has 0 unspecified atom stereocenters.